The normalized spacial score (nSPS) is 16.6. The van der Waals surface area contributed by atoms with Gasteiger partial charge in [-0.2, -0.15) is 5.26 Å². The number of carbonyl (C=O) groups excluding carboxylic acids is 1. The summed E-state index contributed by atoms with van der Waals surface area (Å²) in [5, 5.41) is 9.03. The van der Waals surface area contributed by atoms with Gasteiger partial charge < -0.3 is 9.47 Å². The molecule has 1 aliphatic heterocycles. The molecule has 0 N–H and O–H groups in total. The number of sulfone groups is 1. The zero-order chi connectivity index (χ0) is 26.6. The van der Waals surface area contributed by atoms with Crippen LogP contribution in [0, 0.1) is 14.9 Å². The minimum Gasteiger partial charge on any atom is -0.329 e. The maximum absolute atomic E-state index is 13.4. The third-order valence-electron chi connectivity index (χ3n) is 6.38. The Hall–Kier alpha value is -2.82. The third-order valence-corrected chi connectivity index (χ3v) is 7.98. The molecule has 11 heteroatoms. The van der Waals surface area contributed by atoms with E-state index < -0.39 is 16.5 Å². The van der Waals surface area contributed by atoms with E-state index in [1.54, 1.807) is 41.7 Å². The summed E-state index contributed by atoms with van der Waals surface area (Å²) in [7, 11) is -3.20. The second-order valence-electron chi connectivity index (χ2n) is 9.25. The van der Waals surface area contributed by atoms with Crippen LogP contribution < -0.4 is 4.90 Å². The number of halogens is 2. The highest BCUT2D eigenvalue weighted by atomic mass is 125. The van der Waals surface area contributed by atoms with Crippen LogP contribution in [0.3, 0.4) is 0 Å². The Morgan fingerprint density at radius 3 is 2.59 bits per heavy atom. The highest BCUT2D eigenvalue weighted by Gasteiger charge is 2.34. The monoisotopic (exact) mass is 633 g/mol. The van der Waals surface area contributed by atoms with Crippen molar-refractivity contribution in [2.24, 2.45) is 0 Å². The summed E-state index contributed by atoms with van der Waals surface area (Å²) in [6.45, 7) is 0.763. The molecule has 2 aromatic carbocycles. The van der Waals surface area contributed by atoms with Crippen LogP contribution >= 0.6 is 22.6 Å². The largest absolute Gasteiger partial charge is 0.329 e. The third kappa shape index (κ3) is 7.15. The van der Waals surface area contributed by atoms with E-state index in [4.69, 9.17) is 5.26 Å². The number of hydrogen-bond acceptors (Lipinski definition) is 6. The van der Waals surface area contributed by atoms with Gasteiger partial charge in [0.2, 0.25) is 5.91 Å². The number of carbonyl (C=O) groups is 1. The fraction of sp³-hybridized carbons (Fsp3) is 0.346. The molecule has 8 nitrogen and oxygen atoms in total. The number of aromatic nitrogens is 2. The first-order valence-corrected chi connectivity index (χ1v) is 14.8. The molecule has 3 aromatic rings. The highest BCUT2D eigenvalue weighted by molar-refractivity contribution is 14.1. The number of benzene rings is 2. The van der Waals surface area contributed by atoms with E-state index in [1.807, 2.05) is 27.7 Å². The van der Waals surface area contributed by atoms with E-state index in [0.717, 1.165) is 14.8 Å². The van der Waals surface area contributed by atoms with E-state index in [-0.39, 0.29) is 24.2 Å². The molecule has 1 atom stereocenters. The lowest BCUT2D eigenvalue weighted by atomic mass is 10.1. The van der Waals surface area contributed by atoms with Crippen molar-refractivity contribution in [1.29, 1.82) is 5.26 Å². The summed E-state index contributed by atoms with van der Waals surface area (Å²) in [6, 6.07) is 14.5. The number of anilines is 1. The molecule has 1 fully saturated rings. The van der Waals surface area contributed by atoms with Gasteiger partial charge in [0.1, 0.15) is 16.5 Å². The van der Waals surface area contributed by atoms with Gasteiger partial charge in [0.15, 0.2) is 0 Å². The van der Waals surface area contributed by atoms with Crippen molar-refractivity contribution >= 4 is 44.0 Å². The van der Waals surface area contributed by atoms with Crippen LogP contribution in [0.25, 0.3) is 0 Å². The minimum absolute atomic E-state index is 0.00273. The molecule has 1 aliphatic rings. The number of hydrogen-bond donors (Lipinski definition) is 0. The maximum atomic E-state index is 13.4. The Kier molecular flexibility index (Phi) is 8.61. The van der Waals surface area contributed by atoms with E-state index >= 15 is 0 Å². The van der Waals surface area contributed by atoms with Crippen molar-refractivity contribution in [3.8, 4) is 6.07 Å². The van der Waals surface area contributed by atoms with Crippen LogP contribution in [0.4, 0.5) is 10.1 Å². The maximum Gasteiger partial charge on any atom is 0.241 e. The van der Waals surface area contributed by atoms with Crippen LogP contribution in [-0.4, -0.2) is 59.9 Å². The van der Waals surface area contributed by atoms with Gasteiger partial charge in [-0.05, 0) is 70.5 Å². The Morgan fingerprint density at radius 1 is 1.16 bits per heavy atom. The van der Waals surface area contributed by atoms with Gasteiger partial charge in [0.25, 0.3) is 0 Å². The number of piperazine rings is 1. The average Bonchev–Trinajstić information content (AvgIpc) is 3.29. The van der Waals surface area contributed by atoms with Crippen molar-refractivity contribution in [3.63, 3.8) is 0 Å². The van der Waals surface area contributed by atoms with Crippen LogP contribution in [-0.2, 0) is 34.4 Å². The molecule has 1 aromatic heterocycles. The summed E-state index contributed by atoms with van der Waals surface area (Å²) in [5.41, 5.74) is 3.61. The van der Waals surface area contributed by atoms with Crippen LogP contribution in [0.5, 0.6) is 0 Å². The van der Waals surface area contributed by atoms with E-state index in [2.05, 4.69) is 33.6 Å². The molecular formula is C26H27FIN5O3S. The second-order valence-corrected chi connectivity index (χ2v) is 12.8. The first kappa shape index (κ1) is 27.2. The van der Waals surface area contributed by atoms with Gasteiger partial charge >= 0.3 is 0 Å². The number of rotatable bonds is 9. The molecule has 194 valence electrons. The van der Waals surface area contributed by atoms with Crippen molar-refractivity contribution in [2.45, 2.75) is 32.2 Å². The highest BCUT2D eigenvalue weighted by Crippen LogP contribution is 2.27. The van der Waals surface area contributed by atoms with Crippen LogP contribution in [0.1, 0.15) is 28.8 Å². The Morgan fingerprint density at radius 2 is 1.92 bits per heavy atom. The number of imidazole rings is 1. The molecule has 4 rings (SSSR count). The molecule has 37 heavy (non-hydrogen) atoms. The molecule has 2 heterocycles. The smallest absolute Gasteiger partial charge is 0.241 e. The first-order valence-electron chi connectivity index (χ1n) is 11.7. The predicted octanol–water partition coefficient (Wildman–Crippen LogP) is 3.53. The molecule has 0 aliphatic carbocycles. The molecule has 0 bridgehead atoms. The Balaban J connectivity index is 1.56. The van der Waals surface area contributed by atoms with Gasteiger partial charge in [-0.1, -0.05) is 12.1 Å². The summed E-state index contributed by atoms with van der Waals surface area (Å²) in [6.07, 6.45) is 5.05. The number of nitriles is 1. The average molecular weight is 634 g/mol. The summed E-state index contributed by atoms with van der Waals surface area (Å²) >= 11 is 2.10. The predicted molar refractivity (Wildman–Crippen MR) is 147 cm³/mol. The van der Waals surface area contributed by atoms with Gasteiger partial charge in [-0.3, -0.25) is 9.69 Å². The molecule has 1 amide bonds. The van der Waals surface area contributed by atoms with Crippen molar-refractivity contribution in [1.82, 2.24) is 14.5 Å². The summed E-state index contributed by atoms with van der Waals surface area (Å²) < 4.78 is 40.1. The van der Waals surface area contributed by atoms with Gasteiger partial charge in [0, 0.05) is 47.4 Å². The molecule has 0 radical (unpaired) electrons. The fourth-order valence-corrected chi connectivity index (χ4v) is 5.87. The number of amides is 1. The van der Waals surface area contributed by atoms with Crippen molar-refractivity contribution < 1.29 is 17.6 Å². The Bertz CT molecular complexity index is 1420. The van der Waals surface area contributed by atoms with Crippen LogP contribution in [0.15, 0.2) is 55.0 Å². The SMILES string of the molecule is CS(=O)(=O)CC[C@H]1CN(c2cc([125I])cc(CF)c2)C(=O)CN1Cc1cncn1Cc1ccc(C#N)cc1. The first-order chi connectivity index (χ1) is 17.6. The zero-order valence-electron chi connectivity index (χ0n) is 20.3. The lowest BCUT2D eigenvalue weighted by Gasteiger charge is -2.41. The standard InChI is InChI=1S/C26H27FIN5O3S/c1-37(35,36)7-6-23-16-33(24-9-21(11-27)8-22(28)10-24)26(34)17-31(23)15-25-13-30-18-32(25)14-20-4-2-19(12-29)3-5-20/h2-5,8-10,13,18,23H,6-7,11,14-17H2,1H3/t23-/m0/s1/i28-2. The number of alkyl halides is 1. The number of nitrogens with zero attached hydrogens (tertiary/aromatic N) is 5. The zero-order valence-corrected chi connectivity index (χ0v) is 23.3. The molecule has 0 spiro atoms. The van der Waals surface area contributed by atoms with Crippen molar-refractivity contribution in [2.75, 3.05) is 30.0 Å². The minimum atomic E-state index is -3.20. The second kappa shape index (κ2) is 11.7. The van der Waals surface area contributed by atoms with Gasteiger partial charge in [-0.25, -0.2) is 17.8 Å². The molecular weight excluding hydrogens is 606 g/mol. The Labute approximate surface area is 229 Å². The summed E-state index contributed by atoms with van der Waals surface area (Å²) in [4.78, 5) is 21.2. The molecule has 0 saturated carbocycles. The fourth-order valence-electron chi connectivity index (χ4n) is 4.45. The lowest BCUT2D eigenvalue weighted by molar-refractivity contribution is -0.122. The lowest BCUT2D eigenvalue weighted by Crippen LogP contribution is -2.56. The molecule has 0 unspecified atom stereocenters. The van der Waals surface area contributed by atoms with Crippen LogP contribution in [0.2, 0.25) is 0 Å². The van der Waals surface area contributed by atoms with E-state index in [9.17, 15) is 17.6 Å². The van der Waals surface area contributed by atoms with Gasteiger partial charge in [0.05, 0.1) is 36.0 Å². The van der Waals surface area contributed by atoms with E-state index in [0.29, 0.717) is 42.9 Å². The van der Waals surface area contributed by atoms with Gasteiger partial charge in [-0.15, -0.1) is 0 Å². The van der Waals surface area contributed by atoms with E-state index in [1.165, 1.54) is 6.26 Å². The van der Waals surface area contributed by atoms with Crippen molar-refractivity contribution in [3.05, 3.63) is 80.9 Å². The topological polar surface area (TPSA) is 99.3 Å². The molecule has 1 saturated heterocycles. The quantitative estimate of drug-likeness (QED) is 0.335. The summed E-state index contributed by atoms with van der Waals surface area (Å²) in [5.74, 6) is -0.122.